The van der Waals surface area contributed by atoms with E-state index in [0.717, 1.165) is 19.4 Å². The third-order valence-electron chi connectivity index (χ3n) is 4.84. The van der Waals surface area contributed by atoms with Crippen LogP contribution in [0.3, 0.4) is 0 Å². The molecule has 3 nitrogen and oxygen atoms in total. The van der Waals surface area contributed by atoms with Crippen molar-refractivity contribution < 1.29 is 5.11 Å². The van der Waals surface area contributed by atoms with Crippen molar-refractivity contribution in [2.45, 2.75) is 50.7 Å². The average molecular weight is 212 g/mol. The summed E-state index contributed by atoms with van der Waals surface area (Å²) in [7, 11) is 0. The lowest BCUT2D eigenvalue weighted by molar-refractivity contribution is -0.119. The van der Waals surface area contributed by atoms with E-state index in [2.05, 4.69) is 18.7 Å². The van der Waals surface area contributed by atoms with Crippen LogP contribution in [0.1, 0.15) is 39.5 Å². The van der Waals surface area contributed by atoms with Gasteiger partial charge in [-0.3, -0.25) is 0 Å². The number of hydrogen-bond acceptors (Lipinski definition) is 3. The van der Waals surface area contributed by atoms with E-state index in [4.69, 9.17) is 5.73 Å². The van der Waals surface area contributed by atoms with Crippen LogP contribution in [0.5, 0.6) is 0 Å². The van der Waals surface area contributed by atoms with Crippen LogP contribution in [0, 0.1) is 5.92 Å². The topological polar surface area (TPSA) is 49.5 Å². The second kappa shape index (κ2) is 3.72. The number of nitrogens with two attached hydrogens (primary N) is 1. The first kappa shape index (κ1) is 11.4. The van der Waals surface area contributed by atoms with Crippen LogP contribution >= 0.6 is 0 Å². The molecule has 0 aromatic heterocycles. The average Bonchev–Trinajstić information content (AvgIpc) is 2.29. The highest BCUT2D eigenvalue weighted by molar-refractivity contribution is 5.12. The molecule has 3 fully saturated rings. The van der Waals surface area contributed by atoms with Crippen molar-refractivity contribution in [1.29, 1.82) is 0 Å². The second-order valence-electron chi connectivity index (χ2n) is 5.33. The summed E-state index contributed by atoms with van der Waals surface area (Å²) in [4.78, 5) is 2.41. The van der Waals surface area contributed by atoms with Gasteiger partial charge >= 0.3 is 0 Å². The zero-order valence-corrected chi connectivity index (χ0v) is 10.00. The van der Waals surface area contributed by atoms with E-state index in [-0.39, 0.29) is 5.54 Å². The van der Waals surface area contributed by atoms with Crippen molar-refractivity contribution in [3.63, 3.8) is 0 Å². The summed E-state index contributed by atoms with van der Waals surface area (Å²) in [5.74, 6) is 0.521. The van der Waals surface area contributed by atoms with E-state index in [1.165, 1.54) is 25.9 Å². The van der Waals surface area contributed by atoms with E-state index in [9.17, 15) is 5.11 Å². The summed E-state index contributed by atoms with van der Waals surface area (Å²) >= 11 is 0. The molecule has 2 bridgehead atoms. The molecule has 3 saturated heterocycles. The molecule has 3 heteroatoms. The van der Waals surface area contributed by atoms with Crippen LogP contribution in [-0.4, -0.2) is 40.8 Å². The zero-order chi connectivity index (χ0) is 11.1. The van der Waals surface area contributed by atoms with Crippen LogP contribution in [0.2, 0.25) is 0 Å². The smallest absolute Gasteiger partial charge is 0.0836 e. The molecule has 3 heterocycles. The molecule has 3 aliphatic heterocycles. The van der Waals surface area contributed by atoms with Gasteiger partial charge in [0.15, 0.2) is 0 Å². The lowest BCUT2D eigenvalue weighted by atomic mass is 9.62. The highest BCUT2D eigenvalue weighted by Crippen LogP contribution is 2.43. The monoisotopic (exact) mass is 212 g/mol. The largest absolute Gasteiger partial charge is 0.388 e. The predicted octanol–water partition coefficient (Wildman–Crippen LogP) is 0.961. The Hall–Kier alpha value is -0.120. The van der Waals surface area contributed by atoms with Gasteiger partial charge in [-0.1, -0.05) is 13.8 Å². The number of rotatable bonds is 3. The van der Waals surface area contributed by atoms with Gasteiger partial charge in [0, 0.05) is 6.54 Å². The van der Waals surface area contributed by atoms with E-state index in [1.807, 2.05) is 0 Å². The fourth-order valence-corrected chi connectivity index (χ4v) is 3.54. The van der Waals surface area contributed by atoms with Gasteiger partial charge in [0.05, 0.1) is 11.1 Å². The van der Waals surface area contributed by atoms with Crippen molar-refractivity contribution in [2.75, 3.05) is 19.6 Å². The normalized spacial score (nSPS) is 40.8. The maximum atomic E-state index is 10.7. The minimum absolute atomic E-state index is 0.368. The van der Waals surface area contributed by atoms with Crippen LogP contribution < -0.4 is 5.73 Å². The van der Waals surface area contributed by atoms with Crippen LogP contribution in [0.25, 0.3) is 0 Å². The first-order chi connectivity index (χ1) is 7.05. The van der Waals surface area contributed by atoms with Gasteiger partial charge in [0.2, 0.25) is 0 Å². The molecule has 88 valence electrons. The van der Waals surface area contributed by atoms with Crippen molar-refractivity contribution in [2.24, 2.45) is 11.7 Å². The molecule has 3 N–H and O–H groups in total. The van der Waals surface area contributed by atoms with Crippen molar-refractivity contribution in [3.05, 3.63) is 0 Å². The van der Waals surface area contributed by atoms with Crippen molar-refractivity contribution in [3.8, 4) is 0 Å². The van der Waals surface area contributed by atoms with E-state index >= 15 is 0 Å². The number of fused-ring (bicyclic) bond motifs is 3. The molecule has 0 amide bonds. The van der Waals surface area contributed by atoms with Gasteiger partial charge in [-0.15, -0.1) is 0 Å². The fourth-order valence-electron chi connectivity index (χ4n) is 3.54. The van der Waals surface area contributed by atoms with Gasteiger partial charge in [-0.05, 0) is 44.7 Å². The molecule has 0 aliphatic carbocycles. The van der Waals surface area contributed by atoms with Gasteiger partial charge < -0.3 is 15.7 Å². The number of hydrogen-bond donors (Lipinski definition) is 2. The molecule has 1 atom stereocenters. The summed E-state index contributed by atoms with van der Waals surface area (Å²) in [6.07, 6.45) is 3.87. The summed E-state index contributed by atoms with van der Waals surface area (Å²) < 4.78 is 0. The second-order valence-corrected chi connectivity index (χ2v) is 5.33. The molecule has 0 radical (unpaired) electrons. The van der Waals surface area contributed by atoms with Crippen LogP contribution in [0.4, 0.5) is 0 Å². The Bertz CT molecular complexity index is 232. The molecule has 0 aromatic carbocycles. The molecular formula is C12H24N2O. The van der Waals surface area contributed by atoms with Crippen molar-refractivity contribution >= 4 is 0 Å². The Labute approximate surface area is 92.6 Å². The Balaban J connectivity index is 2.25. The third-order valence-corrected chi connectivity index (χ3v) is 4.84. The Kier molecular flexibility index (Phi) is 2.82. The van der Waals surface area contributed by atoms with E-state index in [1.54, 1.807) is 0 Å². The SMILES string of the molecule is CCC(O)(CC)C1(N)CN2CCC1CC2. The van der Waals surface area contributed by atoms with E-state index in [0.29, 0.717) is 5.92 Å². The minimum Gasteiger partial charge on any atom is -0.388 e. The quantitative estimate of drug-likeness (QED) is 0.732. The maximum Gasteiger partial charge on any atom is 0.0836 e. The summed E-state index contributed by atoms with van der Waals surface area (Å²) in [6.45, 7) is 7.33. The Morgan fingerprint density at radius 3 is 2.20 bits per heavy atom. The third kappa shape index (κ3) is 1.52. The molecule has 3 rings (SSSR count). The molecule has 15 heavy (non-hydrogen) atoms. The number of nitrogens with zero attached hydrogens (tertiary/aromatic N) is 1. The van der Waals surface area contributed by atoms with Gasteiger partial charge in [-0.25, -0.2) is 0 Å². The first-order valence-corrected chi connectivity index (χ1v) is 6.29. The highest BCUT2D eigenvalue weighted by atomic mass is 16.3. The van der Waals surface area contributed by atoms with Gasteiger partial charge in [0.25, 0.3) is 0 Å². The lowest BCUT2D eigenvalue weighted by Gasteiger charge is -2.58. The van der Waals surface area contributed by atoms with Gasteiger partial charge in [0.1, 0.15) is 0 Å². The summed E-state index contributed by atoms with van der Waals surface area (Å²) in [5, 5.41) is 10.7. The first-order valence-electron chi connectivity index (χ1n) is 6.29. The fraction of sp³-hybridized carbons (Fsp3) is 1.00. The van der Waals surface area contributed by atoms with E-state index < -0.39 is 5.60 Å². The highest BCUT2D eigenvalue weighted by Gasteiger charge is 2.54. The summed E-state index contributed by atoms with van der Waals surface area (Å²) in [6, 6.07) is 0. The van der Waals surface area contributed by atoms with Crippen LogP contribution in [0.15, 0.2) is 0 Å². The Morgan fingerprint density at radius 1 is 1.33 bits per heavy atom. The van der Waals surface area contributed by atoms with Gasteiger partial charge in [-0.2, -0.15) is 0 Å². The molecular weight excluding hydrogens is 188 g/mol. The molecule has 1 unspecified atom stereocenters. The molecule has 0 spiro atoms. The minimum atomic E-state index is -0.670. The number of aliphatic hydroxyl groups is 1. The van der Waals surface area contributed by atoms with Crippen molar-refractivity contribution in [1.82, 2.24) is 4.90 Å². The molecule has 0 saturated carbocycles. The molecule has 0 aromatic rings. The standard InChI is InChI=1S/C12H24N2O/c1-3-11(15,4-2)12(13)9-14-7-5-10(12)6-8-14/h10,15H,3-9,13H2,1-2H3. The summed E-state index contributed by atoms with van der Waals surface area (Å²) in [5.41, 5.74) is 5.51. The zero-order valence-electron chi connectivity index (χ0n) is 10.00. The van der Waals surface area contributed by atoms with Crippen LogP contribution in [-0.2, 0) is 0 Å². The maximum absolute atomic E-state index is 10.7. The predicted molar refractivity (Wildman–Crippen MR) is 61.6 cm³/mol. The molecule has 3 aliphatic rings. The Morgan fingerprint density at radius 2 is 1.87 bits per heavy atom. The lowest BCUT2D eigenvalue weighted by Crippen LogP contribution is -2.74. The number of piperidine rings is 3.